The number of ether oxygens (including phenoxy) is 1. The number of hydrogen-bond donors (Lipinski definition) is 2. The SMILES string of the molecule is COC(=O)C12CCC(C)(C)CC1C1C(=O)C=C3C(C)(C(O)CC(N)=O)C(C(C)(C)C=O)CCC3(C)C1(C)CC2. The quantitative estimate of drug-likeness (QED) is 0.367. The fourth-order valence-electron chi connectivity index (χ4n) is 9.99. The molecule has 0 saturated heterocycles. The fraction of sp³-hybridized carbons (Fsp3) is 0.812. The van der Waals surface area contributed by atoms with Gasteiger partial charge in [-0.3, -0.25) is 14.4 Å². The van der Waals surface area contributed by atoms with E-state index < -0.39 is 39.1 Å². The number of aliphatic hydroxyl groups excluding tert-OH is 1. The van der Waals surface area contributed by atoms with Crippen molar-refractivity contribution in [1.29, 1.82) is 0 Å². The second kappa shape index (κ2) is 9.25. The lowest BCUT2D eigenvalue weighted by molar-refractivity contribution is -0.193. The molecule has 218 valence electrons. The van der Waals surface area contributed by atoms with Gasteiger partial charge in [0, 0.05) is 16.7 Å². The number of aldehydes is 1. The summed E-state index contributed by atoms with van der Waals surface area (Å²) in [5.41, 5.74) is 3.01. The van der Waals surface area contributed by atoms with E-state index in [1.165, 1.54) is 7.11 Å². The molecule has 0 spiro atoms. The average molecular weight is 544 g/mol. The van der Waals surface area contributed by atoms with Crippen LogP contribution in [0.1, 0.15) is 99.8 Å². The van der Waals surface area contributed by atoms with Crippen molar-refractivity contribution in [3.05, 3.63) is 11.6 Å². The zero-order valence-corrected chi connectivity index (χ0v) is 25.2. The van der Waals surface area contributed by atoms with Crippen molar-refractivity contribution in [1.82, 2.24) is 0 Å². The standard InChI is InChI=1S/C32H49NO6/c1-27(2)11-13-32(26(38)39-8)14-12-30(6)25(19(32)17-27)20(35)15-22-29(30,5)10-9-21(28(3,4)18-34)31(22,7)23(36)16-24(33)37/h15,18-19,21,23,25,36H,9-14,16-17H2,1-8H3,(H2,33,37). The first-order valence-electron chi connectivity index (χ1n) is 14.6. The number of ketones is 1. The van der Waals surface area contributed by atoms with Crippen molar-refractivity contribution in [2.75, 3.05) is 7.11 Å². The summed E-state index contributed by atoms with van der Waals surface area (Å²) in [6.07, 6.45) is 6.46. The van der Waals surface area contributed by atoms with E-state index in [0.29, 0.717) is 19.3 Å². The number of primary amides is 1. The Bertz CT molecular complexity index is 1110. The molecule has 39 heavy (non-hydrogen) atoms. The highest BCUT2D eigenvalue weighted by Gasteiger charge is 2.71. The highest BCUT2D eigenvalue weighted by Crippen LogP contribution is 2.74. The summed E-state index contributed by atoms with van der Waals surface area (Å²) in [7, 11) is 1.45. The van der Waals surface area contributed by atoms with Crippen molar-refractivity contribution in [3.8, 4) is 0 Å². The number of fused-ring (bicyclic) bond motifs is 5. The topological polar surface area (TPSA) is 124 Å². The summed E-state index contributed by atoms with van der Waals surface area (Å²) in [5.74, 6) is -1.60. The number of rotatable bonds is 6. The van der Waals surface area contributed by atoms with Crippen LogP contribution in [0.3, 0.4) is 0 Å². The van der Waals surface area contributed by atoms with Gasteiger partial charge < -0.3 is 20.4 Å². The van der Waals surface area contributed by atoms with E-state index in [0.717, 1.165) is 37.5 Å². The van der Waals surface area contributed by atoms with Crippen LogP contribution in [0.4, 0.5) is 0 Å². The number of allylic oxidation sites excluding steroid dienone is 1. The van der Waals surface area contributed by atoms with E-state index in [-0.39, 0.29) is 41.3 Å². The van der Waals surface area contributed by atoms with E-state index in [2.05, 4.69) is 27.7 Å². The molecule has 3 N–H and O–H groups in total. The van der Waals surface area contributed by atoms with Crippen molar-refractivity contribution >= 4 is 23.9 Å². The largest absolute Gasteiger partial charge is 0.469 e. The van der Waals surface area contributed by atoms with Gasteiger partial charge in [0.25, 0.3) is 0 Å². The van der Waals surface area contributed by atoms with Crippen LogP contribution in [0.2, 0.25) is 0 Å². The molecule has 4 rings (SSSR count). The second-order valence-electron chi connectivity index (χ2n) is 15.3. The number of methoxy groups -OCH3 is 1. The molecule has 4 aliphatic rings. The minimum absolute atomic E-state index is 0.00343. The number of hydrogen-bond acceptors (Lipinski definition) is 6. The molecule has 7 nitrogen and oxygen atoms in total. The lowest BCUT2D eigenvalue weighted by atomic mass is 9.34. The third-order valence-electron chi connectivity index (χ3n) is 12.5. The maximum atomic E-state index is 14.4. The molecule has 0 aliphatic heterocycles. The second-order valence-corrected chi connectivity index (χ2v) is 15.3. The monoisotopic (exact) mass is 543 g/mol. The Morgan fingerprint density at radius 3 is 2.31 bits per heavy atom. The van der Waals surface area contributed by atoms with Crippen LogP contribution < -0.4 is 5.73 Å². The van der Waals surface area contributed by atoms with Gasteiger partial charge in [-0.2, -0.15) is 0 Å². The van der Waals surface area contributed by atoms with Crippen LogP contribution in [0, 0.1) is 50.2 Å². The zero-order chi connectivity index (χ0) is 29.4. The minimum atomic E-state index is -1.13. The lowest BCUT2D eigenvalue weighted by Gasteiger charge is -2.69. The normalized spacial score (nSPS) is 42.2. The van der Waals surface area contributed by atoms with Gasteiger partial charge in [0.1, 0.15) is 6.29 Å². The maximum absolute atomic E-state index is 14.4. The average Bonchev–Trinajstić information content (AvgIpc) is 2.84. The highest BCUT2D eigenvalue weighted by atomic mass is 16.5. The molecule has 0 aromatic carbocycles. The first kappa shape index (κ1) is 30.0. The summed E-state index contributed by atoms with van der Waals surface area (Å²) in [5, 5.41) is 11.6. The number of amides is 1. The van der Waals surface area contributed by atoms with Crippen molar-refractivity contribution in [2.24, 2.45) is 56.0 Å². The molecule has 0 aromatic heterocycles. The molecule has 8 atom stereocenters. The predicted molar refractivity (Wildman–Crippen MR) is 148 cm³/mol. The van der Waals surface area contributed by atoms with Gasteiger partial charge in [0.2, 0.25) is 5.91 Å². The fourth-order valence-corrected chi connectivity index (χ4v) is 9.99. The van der Waals surface area contributed by atoms with E-state index in [9.17, 15) is 24.3 Å². The van der Waals surface area contributed by atoms with Crippen LogP contribution in [0.25, 0.3) is 0 Å². The van der Waals surface area contributed by atoms with Gasteiger partial charge in [-0.1, -0.05) is 54.0 Å². The van der Waals surface area contributed by atoms with Gasteiger partial charge in [-0.15, -0.1) is 0 Å². The van der Waals surface area contributed by atoms with Crippen molar-refractivity contribution in [2.45, 2.75) is 106 Å². The molecule has 1 amide bonds. The van der Waals surface area contributed by atoms with Crippen molar-refractivity contribution < 1.29 is 29.0 Å². The van der Waals surface area contributed by atoms with Crippen LogP contribution >= 0.6 is 0 Å². The van der Waals surface area contributed by atoms with Gasteiger partial charge in [0.05, 0.1) is 25.0 Å². The first-order chi connectivity index (χ1) is 17.9. The number of nitrogens with two attached hydrogens (primary N) is 1. The van der Waals surface area contributed by atoms with Gasteiger partial charge in [0.15, 0.2) is 5.78 Å². The molecule has 0 radical (unpaired) electrons. The van der Waals surface area contributed by atoms with E-state index in [1.54, 1.807) is 6.08 Å². The minimum Gasteiger partial charge on any atom is -0.469 e. The first-order valence-corrected chi connectivity index (χ1v) is 14.6. The predicted octanol–water partition coefficient (Wildman–Crippen LogP) is 4.78. The van der Waals surface area contributed by atoms with Crippen LogP contribution in [-0.4, -0.2) is 42.3 Å². The summed E-state index contributed by atoms with van der Waals surface area (Å²) in [6, 6.07) is 0. The Labute approximate surface area is 233 Å². The lowest BCUT2D eigenvalue weighted by Crippen LogP contribution is -2.66. The van der Waals surface area contributed by atoms with Crippen LogP contribution in [-0.2, 0) is 23.9 Å². The maximum Gasteiger partial charge on any atom is 0.312 e. The van der Waals surface area contributed by atoms with Gasteiger partial charge >= 0.3 is 5.97 Å². The van der Waals surface area contributed by atoms with Gasteiger partial charge in [-0.05, 0) is 79.1 Å². The highest BCUT2D eigenvalue weighted by molar-refractivity contribution is 5.96. The molecular formula is C32H49NO6. The van der Waals surface area contributed by atoms with Crippen LogP contribution in [0.15, 0.2) is 11.6 Å². The molecule has 3 saturated carbocycles. The molecule has 3 fully saturated rings. The third-order valence-corrected chi connectivity index (χ3v) is 12.5. The molecule has 0 heterocycles. The zero-order valence-electron chi connectivity index (χ0n) is 25.2. The molecule has 8 unspecified atom stereocenters. The smallest absolute Gasteiger partial charge is 0.312 e. The molecule has 4 aliphatic carbocycles. The summed E-state index contributed by atoms with van der Waals surface area (Å²) in [4.78, 5) is 52.2. The molecule has 7 heteroatoms. The number of carbonyl (C=O) groups is 4. The summed E-state index contributed by atoms with van der Waals surface area (Å²) < 4.78 is 5.39. The molecule has 0 aromatic rings. The van der Waals surface area contributed by atoms with E-state index in [4.69, 9.17) is 10.5 Å². The molecule has 0 bridgehead atoms. The Morgan fingerprint density at radius 1 is 1.13 bits per heavy atom. The third kappa shape index (κ3) is 4.07. The van der Waals surface area contributed by atoms with E-state index in [1.807, 2.05) is 20.8 Å². The van der Waals surface area contributed by atoms with Gasteiger partial charge in [-0.25, -0.2) is 0 Å². The summed E-state index contributed by atoms with van der Waals surface area (Å²) in [6.45, 7) is 14.5. The number of aliphatic hydroxyl groups is 1. The van der Waals surface area contributed by atoms with Crippen molar-refractivity contribution in [3.63, 3.8) is 0 Å². The van der Waals surface area contributed by atoms with E-state index >= 15 is 0 Å². The van der Waals surface area contributed by atoms with Crippen LogP contribution in [0.5, 0.6) is 0 Å². The summed E-state index contributed by atoms with van der Waals surface area (Å²) >= 11 is 0. The Kier molecular flexibility index (Phi) is 7.11. The number of esters is 1. The number of carbonyl (C=O) groups excluding carboxylic acids is 4. The molecular weight excluding hydrogens is 494 g/mol. The Balaban J connectivity index is 1.93. The Morgan fingerprint density at radius 2 is 1.74 bits per heavy atom. The Hall–Kier alpha value is -2.02.